The molecule has 0 aliphatic carbocycles. The van der Waals surface area contributed by atoms with E-state index in [0.29, 0.717) is 19.0 Å². The summed E-state index contributed by atoms with van der Waals surface area (Å²) in [4.78, 5) is 14.6. The van der Waals surface area contributed by atoms with Crippen LogP contribution < -0.4 is 5.32 Å². The zero-order valence-corrected chi connectivity index (χ0v) is 13.1. The summed E-state index contributed by atoms with van der Waals surface area (Å²) >= 11 is 0. The van der Waals surface area contributed by atoms with Crippen LogP contribution in [0.5, 0.6) is 0 Å². The van der Waals surface area contributed by atoms with Gasteiger partial charge in [-0.25, -0.2) is 4.39 Å². The normalized spacial score (nSPS) is 27.3. The maximum absolute atomic E-state index is 13.1. The van der Waals surface area contributed by atoms with Crippen LogP contribution >= 0.6 is 0 Å². The van der Waals surface area contributed by atoms with Gasteiger partial charge in [-0.15, -0.1) is 0 Å². The van der Waals surface area contributed by atoms with Gasteiger partial charge >= 0.3 is 0 Å². The highest BCUT2D eigenvalue weighted by Gasteiger charge is 2.35. The highest BCUT2D eigenvalue weighted by Crippen LogP contribution is 2.28. The van der Waals surface area contributed by atoms with Gasteiger partial charge in [0, 0.05) is 12.5 Å². The quantitative estimate of drug-likeness (QED) is 0.928. The van der Waals surface area contributed by atoms with E-state index in [1.807, 2.05) is 18.7 Å². The molecule has 4 nitrogen and oxygen atoms in total. The molecular weight excluding hydrogens is 283 g/mol. The minimum Gasteiger partial charge on any atom is -0.367 e. The van der Waals surface area contributed by atoms with Gasteiger partial charge in [-0.05, 0) is 43.6 Å². The van der Waals surface area contributed by atoms with Crippen molar-refractivity contribution in [3.05, 3.63) is 35.6 Å². The van der Waals surface area contributed by atoms with E-state index in [1.54, 1.807) is 12.1 Å². The third-order valence-corrected chi connectivity index (χ3v) is 4.72. The van der Waals surface area contributed by atoms with E-state index in [1.165, 1.54) is 12.1 Å². The van der Waals surface area contributed by atoms with Gasteiger partial charge < -0.3 is 15.0 Å². The molecule has 1 amide bonds. The Hall–Kier alpha value is -1.46. The van der Waals surface area contributed by atoms with Crippen LogP contribution in [0, 0.1) is 17.7 Å². The molecule has 5 heteroatoms. The Labute approximate surface area is 130 Å². The molecule has 2 aliphatic heterocycles. The molecule has 2 aliphatic rings. The molecule has 0 bridgehead atoms. The Morgan fingerprint density at radius 2 is 2.00 bits per heavy atom. The summed E-state index contributed by atoms with van der Waals surface area (Å²) in [5.74, 6) is 0.427. The standard InChI is InChI=1S/C17H23FN2O2/c1-11-9-20(17(21)12(2)14-7-19-8-14)10-16(22-11)13-3-5-15(18)6-4-13/h3-6,11-12,14,16,19H,7-10H2,1-2H3. The van der Waals surface area contributed by atoms with Crippen molar-refractivity contribution in [2.45, 2.75) is 26.1 Å². The van der Waals surface area contributed by atoms with E-state index in [9.17, 15) is 9.18 Å². The maximum Gasteiger partial charge on any atom is 0.225 e. The van der Waals surface area contributed by atoms with E-state index in [4.69, 9.17) is 4.74 Å². The molecule has 2 saturated heterocycles. The molecule has 3 atom stereocenters. The molecule has 2 heterocycles. The second-order valence-corrected chi connectivity index (χ2v) is 6.44. The molecule has 2 fully saturated rings. The smallest absolute Gasteiger partial charge is 0.225 e. The van der Waals surface area contributed by atoms with E-state index in [0.717, 1.165) is 18.7 Å². The molecule has 0 spiro atoms. The van der Waals surface area contributed by atoms with Crippen LogP contribution in [-0.2, 0) is 9.53 Å². The van der Waals surface area contributed by atoms with Crippen molar-refractivity contribution in [3.63, 3.8) is 0 Å². The number of carbonyl (C=O) groups excluding carboxylic acids is 1. The van der Waals surface area contributed by atoms with Gasteiger partial charge in [0.1, 0.15) is 11.9 Å². The Bertz CT molecular complexity index is 530. The van der Waals surface area contributed by atoms with Crippen molar-refractivity contribution in [1.29, 1.82) is 0 Å². The fourth-order valence-electron chi connectivity index (χ4n) is 3.15. The number of carbonyl (C=O) groups is 1. The fourth-order valence-corrected chi connectivity index (χ4v) is 3.15. The predicted octanol–water partition coefficient (Wildman–Crippen LogP) is 1.97. The second kappa shape index (κ2) is 6.34. The highest BCUT2D eigenvalue weighted by molar-refractivity contribution is 5.79. The van der Waals surface area contributed by atoms with Crippen molar-refractivity contribution in [2.75, 3.05) is 26.2 Å². The summed E-state index contributed by atoms with van der Waals surface area (Å²) in [5.41, 5.74) is 0.920. The number of nitrogens with zero attached hydrogens (tertiary/aromatic N) is 1. The topological polar surface area (TPSA) is 41.6 Å². The van der Waals surface area contributed by atoms with E-state index < -0.39 is 0 Å². The third kappa shape index (κ3) is 3.15. The number of halogens is 1. The molecule has 22 heavy (non-hydrogen) atoms. The lowest BCUT2D eigenvalue weighted by atomic mass is 9.87. The number of hydrogen-bond donors (Lipinski definition) is 1. The molecule has 0 radical (unpaired) electrons. The Morgan fingerprint density at radius 1 is 1.32 bits per heavy atom. The molecule has 1 aromatic carbocycles. The fraction of sp³-hybridized carbons (Fsp3) is 0.588. The van der Waals surface area contributed by atoms with Gasteiger partial charge in [-0.1, -0.05) is 19.1 Å². The first-order chi connectivity index (χ1) is 10.5. The van der Waals surface area contributed by atoms with Gasteiger partial charge in [0.15, 0.2) is 0 Å². The van der Waals surface area contributed by atoms with Gasteiger partial charge in [0.05, 0.1) is 12.6 Å². The number of ether oxygens (including phenoxy) is 1. The molecule has 0 aromatic heterocycles. The second-order valence-electron chi connectivity index (χ2n) is 6.44. The third-order valence-electron chi connectivity index (χ3n) is 4.72. The maximum atomic E-state index is 13.1. The van der Waals surface area contributed by atoms with E-state index >= 15 is 0 Å². The lowest BCUT2D eigenvalue weighted by Gasteiger charge is -2.40. The van der Waals surface area contributed by atoms with E-state index in [2.05, 4.69) is 5.32 Å². The van der Waals surface area contributed by atoms with Crippen LogP contribution in [-0.4, -0.2) is 43.1 Å². The summed E-state index contributed by atoms with van der Waals surface area (Å²) in [5, 5.41) is 3.22. The van der Waals surface area contributed by atoms with Gasteiger partial charge in [-0.2, -0.15) is 0 Å². The number of benzene rings is 1. The molecule has 0 saturated carbocycles. The van der Waals surface area contributed by atoms with Crippen LogP contribution in [0.2, 0.25) is 0 Å². The molecule has 3 unspecified atom stereocenters. The Kier molecular flexibility index (Phi) is 4.45. The Morgan fingerprint density at radius 3 is 2.59 bits per heavy atom. The summed E-state index contributed by atoms with van der Waals surface area (Å²) in [7, 11) is 0. The van der Waals surface area contributed by atoms with Crippen molar-refractivity contribution >= 4 is 5.91 Å². The number of nitrogens with one attached hydrogen (secondary N) is 1. The molecular formula is C17H23FN2O2. The van der Waals surface area contributed by atoms with E-state index in [-0.39, 0.29) is 29.9 Å². The Balaban J connectivity index is 1.70. The van der Waals surface area contributed by atoms with Crippen molar-refractivity contribution < 1.29 is 13.9 Å². The SMILES string of the molecule is CC1CN(C(=O)C(C)C2CNC2)CC(c2ccc(F)cc2)O1. The molecule has 1 aromatic rings. The summed E-state index contributed by atoms with van der Waals surface area (Å²) < 4.78 is 19.0. The number of hydrogen-bond acceptors (Lipinski definition) is 3. The monoisotopic (exact) mass is 306 g/mol. The van der Waals surface area contributed by atoms with Crippen molar-refractivity contribution in [3.8, 4) is 0 Å². The first-order valence-corrected chi connectivity index (χ1v) is 7.95. The zero-order valence-electron chi connectivity index (χ0n) is 13.1. The van der Waals surface area contributed by atoms with Crippen LogP contribution in [0.15, 0.2) is 24.3 Å². The average Bonchev–Trinajstić information content (AvgIpc) is 2.44. The highest BCUT2D eigenvalue weighted by atomic mass is 19.1. The molecule has 120 valence electrons. The number of amides is 1. The van der Waals surface area contributed by atoms with Gasteiger partial charge in [-0.3, -0.25) is 4.79 Å². The van der Waals surface area contributed by atoms with Crippen molar-refractivity contribution in [2.24, 2.45) is 11.8 Å². The van der Waals surface area contributed by atoms with Crippen LogP contribution in [0.4, 0.5) is 4.39 Å². The largest absolute Gasteiger partial charge is 0.367 e. The lowest BCUT2D eigenvalue weighted by molar-refractivity contribution is -0.150. The van der Waals surface area contributed by atoms with Gasteiger partial charge in [0.2, 0.25) is 5.91 Å². The first-order valence-electron chi connectivity index (χ1n) is 7.95. The van der Waals surface area contributed by atoms with Crippen LogP contribution in [0.3, 0.4) is 0 Å². The zero-order chi connectivity index (χ0) is 15.7. The minimum atomic E-state index is -0.258. The summed E-state index contributed by atoms with van der Waals surface area (Å²) in [6.45, 7) is 7.01. The predicted molar refractivity (Wildman–Crippen MR) is 81.8 cm³/mol. The van der Waals surface area contributed by atoms with Crippen LogP contribution in [0.25, 0.3) is 0 Å². The molecule has 1 N–H and O–H groups in total. The number of rotatable bonds is 3. The first kappa shape index (κ1) is 15.4. The summed E-state index contributed by atoms with van der Waals surface area (Å²) in [6.07, 6.45) is -0.195. The lowest BCUT2D eigenvalue weighted by Crippen LogP contribution is -2.53. The van der Waals surface area contributed by atoms with Gasteiger partial charge in [0.25, 0.3) is 0 Å². The van der Waals surface area contributed by atoms with Crippen molar-refractivity contribution in [1.82, 2.24) is 10.2 Å². The van der Waals surface area contributed by atoms with Crippen LogP contribution in [0.1, 0.15) is 25.5 Å². The molecule has 3 rings (SSSR count). The average molecular weight is 306 g/mol. The minimum absolute atomic E-state index is 0.0144. The summed E-state index contributed by atoms with van der Waals surface area (Å²) in [6, 6.07) is 6.35. The number of morpholine rings is 1.